The van der Waals surface area contributed by atoms with Crippen molar-refractivity contribution in [2.24, 2.45) is 0 Å². The summed E-state index contributed by atoms with van der Waals surface area (Å²) in [6.07, 6.45) is 1.86. The Labute approximate surface area is 133 Å². The second-order valence-corrected chi connectivity index (χ2v) is 6.52. The molecule has 0 unspecified atom stereocenters. The first-order chi connectivity index (χ1) is 10.6. The van der Waals surface area contributed by atoms with Crippen LogP contribution in [0.25, 0.3) is 6.08 Å². The van der Waals surface area contributed by atoms with Crippen molar-refractivity contribution in [1.82, 2.24) is 9.80 Å². The Hall–Kier alpha value is -1.95. The average Bonchev–Trinajstić information content (AvgIpc) is 3.02. The maximum atomic E-state index is 12.7. The van der Waals surface area contributed by atoms with Crippen molar-refractivity contribution in [2.75, 3.05) is 32.3 Å². The number of para-hydroxylation sites is 1. The van der Waals surface area contributed by atoms with Crippen molar-refractivity contribution in [3.05, 3.63) is 35.4 Å². The summed E-state index contributed by atoms with van der Waals surface area (Å²) < 4.78 is 5.64. The predicted octanol–water partition coefficient (Wildman–Crippen LogP) is 1.45. The van der Waals surface area contributed by atoms with E-state index in [1.54, 1.807) is 30.8 Å². The third kappa shape index (κ3) is 2.70. The van der Waals surface area contributed by atoms with Gasteiger partial charge in [0, 0.05) is 25.4 Å². The molecule has 0 aliphatic carbocycles. The van der Waals surface area contributed by atoms with Crippen molar-refractivity contribution in [3.8, 4) is 5.75 Å². The van der Waals surface area contributed by atoms with E-state index in [1.807, 2.05) is 30.3 Å². The molecular formula is C16H18N2O3S. The summed E-state index contributed by atoms with van der Waals surface area (Å²) in [5.74, 6) is 1.83. The van der Waals surface area contributed by atoms with Gasteiger partial charge in [0.05, 0.1) is 11.4 Å². The average molecular weight is 318 g/mol. The van der Waals surface area contributed by atoms with E-state index >= 15 is 0 Å². The van der Waals surface area contributed by atoms with Gasteiger partial charge in [0.25, 0.3) is 5.91 Å². The highest BCUT2D eigenvalue weighted by molar-refractivity contribution is 7.99. The van der Waals surface area contributed by atoms with Crippen LogP contribution in [-0.4, -0.2) is 60.0 Å². The highest BCUT2D eigenvalue weighted by Gasteiger charge is 2.37. The Balaban J connectivity index is 1.82. The molecule has 2 heterocycles. The number of thioether (sulfide) groups is 1. The molecule has 3 rings (SSSR count). The van der Waals surface area contributed by atoms with Gasteiger partial charge in [-0.05, 0) is 12.1 Å². The van der Waals surface area contributed by atoms with E-state index in [-0.39, 0.29) is 24.5 Å². The van der Waals surface area contributed by atoms with Crippen molar-refractivity contribution < 1.29 is 14.3 Å². The first-order valence-corrected chi connectivity index (χ1v) is 8.25. The molecule has 0 bridgehead atoms. The number of rotatable bonds is 2. The lowest BCUT2D eigenvalue weighted by molar-refractivity contribution is -0.140. The molecule has 22 heavy (non-hydrogen) atoms. The molecular weight excluding hydrogens is 300 g/mol. The van der Waals surface area contributed by atoms with E-state index in [2.05, 4.69) is 0 Å². The molecule has 1 aromatic rings. The summed E-state index contributed by atoms with van der Waals surface area (Å²) in [5, 5.41) is 0. The smallest absolute Gasteiger partial charge is 0.254 e. The lowest BCUT2D eigenvalue weighted by Gasteiger charge is -2.27. The summed E-state index contributed by atoms with van der Waals surface area (Å²) in [4.78, 5) is 28.1. The molecule has 2 aliphatic heterocycles. The van der Waals surface area contributed by atoms with E-state index in [9.17, 15) is 9.59 Å². The summed E-state index contributed by atoms with van der Waals surface area (Å²) in [6.45, 7) is 0.250. The fraction of sp³-hybridized carbons (Fsp3) is 0.375. The Bertz CT molecular complexity index is 642. The van der Waals surface area contributed by atoms with Gasteiger partial charge in [-0.25, -0.2) is 0 Å². The maximum Gasteiger partial charge on any atom is 0.254 e. The van der Waals surface area contributed by atoms with Crippen LogP contribution in [-0.2, 0) is 9.59 Å². The minimum atomic E-state index is -0.384. The Kier molecular flexibility index (Phi) is 4.11. The lowest BCUT2D eigenvalue weighted by Crippen LogP contribution is -2.47. The van der Waals surface area contributed by atoms with Gasteiger partial charge in [-0.3, -0.25) is 9.59 Å². The number of carbonyl (C=O) groups is 2. The number of carbonyl (C=O) groups excluding carboxylic acids is 2. The van der Waals surface area contributed by atoms with Crippen LogP contribution in [0.3, 0.4) is 0 Å². The predicted molar refractivity (Wildman–Crippen MR) is 86.6 cm³/mol. The normalized spacial score (nSPS) is 20.0. The van der Waals surface area contributed by atoms with Crippen molar-refractivity contribution in [3.63, 3.8) is 0 Å². The monoisotopic (exact) mass is 318 g/mol. The fourth-order valence-electron chi connectivity index (χ4n) is 2.57. The largest absolute Gasteiger partial charge is 0.488 e. The van der Waals surface area contributed by atoms with Crippen LogP contribution in [0.1, 0.15) is 5.56 Å². The minimum Gasteiger partial charge on any atom is -0.488 e. The molecule has 1 fully saturated rings. The van der Waals surface area contributed by atoms with Crippen LogP contribution in [0.15, 0.2) is 29.8 Å². The molecule has 2 amide bonds. The molecule has 0 radical (unpaired) electrons. The minimum absolute atomic E-state index is 0.0314. The highest BCUT2D eigenvalue weighted by Crippen LogP contribution is 2.29. The van der Waals surface area contributed by atoms with Crippen LogP contribution in [0.4, 0.5) is 0 Å². The fourth-order valence-corrected chi connectivity index (χ4v) is 3.71. The second kappa shape index (κ2) is 6.04. The standard InChI is InChI=1S/C16H18N2O3S/c1-17(2)16(20)13-9-22-10-18(13)15(19)12-7-11-5-3-4-6-14(11)21-8-12/h3-7,13H,8-10H2,1-2H3/t13-/m1/s1. The molecule has 1 saturated heterocycles. The van der Waals surface area contributed by atoms with Gasteiger partial charge in [0.2, 0.25) is 5.91 Å². The van der Waals surface area contributed by atoms with Gasteiger partial charge in [0.15, 0.2) is 0 Å². The van der Waals surface area contributed by atoms with E-state index in [0.29, 0.717) is 17.2 Å². The molecule has 0 spiro atoms. The number of hydrogen-bond donors (Lipinski definition) is 0. The summed E-state index contributed by atoms with van der Waals surface area (Å²) in [7, 11) is 3.43. The number of likely N-dealkylation sites (N-methyl/N-ethyl adjacent to an activating group) is 1. The van der Waals surface area contributed by atoms with Gasteiger partial charge in [-0.2, -0.15) is 0 Å². The van der Waals surface area contributed by atoms with Gasteiger partial charge >= 0.3 is 0 Å². The Morgan fingerprint density at radius 2 is 2.09 bits per heavy atom. The van der Waals surface area contributed by atoms with E-state index in [1.165, 1.54) is 4.90 Å². The molecule has 0 N–H and O–H groups in total. The molecule has 6 heteroatoms. The maximum absolute atomic E-state index is 12.7. The third-order valence-electron chi connectivity index (χ3n) is 3.78. The van der Waals surface area contributed by atoms with Crippen LogP contribution in [0.5, 0.6) is 5.75 Å². The van der Waals surface area contributed by atoms with Crippen LogP contribution >= 0.6 is 11.8 Å². The van der Waals surface area contributed by atoms with Crippen LogP contribution < -0.4 is 4.74 Å². The van der Waals surface area contributed by atoms with Gasteiger partial charge in [0.1, 0.15) is 18.4 Å². The number of ether oxygens (including phenoxy) is 1. The van der Waals surface area contributed by atoms with Gasteiger partial charge < -0.3 is 14.5 Å². The van der Waals surface area contributed by atoms with E-state index in [4.69, 9.17) is 4.74 Å². The van der Waals surface area contributed by atoms with E-state index < -0.39 is 0 Å². The number of amides is 2. The van der Waals surface area contributed by atoms with Gasteiger partial charge in [-0.15, -0.1) is 11.8 Å². The highest BCUT2D eigenvalue weighted by atomic mass is 32.2. The SMILES string of the molecule is CN(C)C(=O)[C@H]1CSCN1C(=O)C1=Cc2ccccc2OC1. The first kappa shape index (κ1) is 15.0. The number of benzene rings is 1. The molecule has 2 aliphatic rings. The molecule has 0 aromatic heterocycles. The Morgan fingerprint density at radius 3 is 2.86 bits per heavy atom. The van der Waals surface area contributed by atoms with Gasteiger partial charge in [-0.1, -0.05) is 18.2 Å². The number of hydrogen-bond acceptors (Lipinski definition) is 4. The summed E-state index contributed by atoms with van der Waals surface area (Å²) in [5.41, 5.74) is 1.50. The molecule has 116 valence electrons. The first-order valence-electron chi connectivity index (χ1n) is 7.10. The zero-order valence-electron chi connectivity index (χ0n) is 12.6. The van der Waals surface area contributed by atoms with Crippen molar-refractivity contribution in [1.29, 1.82) is 0 Å². The third-order valence-corrected chi connectivity index (χ3v) is 4.79. The second-order valence-electron chi connectivity index (χ2n) is 5.52. The molecule has 0 saturated carbocycles. The van der Waals surface area contributed by atoms with Crippen LogP contribution in [0, 0.1) is 0 Å². The number of fused-ring (bicyclic) bond motifs is 1. The Morgan fingerprint density at radius 1 is 1.32 bits per heavy atom. The number of nitrogens with zero attached hydrogens (tertiary/aromatic N) is 2. The summed E-state index contributed by atoms with van der Waals surface area (Å²) >= 11 is 1.60. The quantitative estimate of drug-likeness (QED) is 0.828. The van der Waals surface area contributed by atoms with Crippen LogP contribution in [0.2, 0.25) is 0 Å². The zero-order valence-corrected chi connectivity index (χ0v) is 13.4. The molecule has 1 atom stereocenters. The topological polar surface area (TPSA) is 49.9 Å². The zero-order chi connectivity index (χ0) is 15.7. The molecule has 5 nitrogen and oxygen atoms in total. The van der Waals surface area contributed by atoms with Crippen molar-refractivity contribution in [2.45, 2.75) is 6.04 Å². The molecule has 1 aromatic carbocycles. The summed E-state index contributed by atoms with van der Waals surface area (Å²) in [6, 6.07) is 7.24. The lowest BCUT2D eigenvalue weighted by atomic mass is 10.1. The van der Waals surface area contributed by atoms with Crippen molar-refractivity contribution >= 4 is 29.7 Å². The van der Waals surface area contributed by atoms with E-state index in [0.717, 1.165) is 11.3 Å².